The fourth-order valence-electron chi connectivity index (χ4n) is 2.24. The van der Waals surface area contributed by atoms with Gasteiger partial charge in [0, 0.05) is 5.02 Å². The third-order valence-electron chi connectivity index (χ3n) is 3.37. The Hall–Kier alpha value is -1.48. The van der Waals surface area contributed by atoms with Crippen molar-refractivity contribution < 1.29 is 13.2 Å². The van der Waals surface area contributed by atoms with Gasteiger partial charge in [0.15, 0.2) is 0 Å². The molecule has 0 radical (unpaired) electrons. The SMILES string of the molecule is CCc1ccc(-c2cccc(Cl)c2C)cc1C(F)(F)F. The normalized spacial score (nSPS) is 11.7. The van der Waals surface area contributed by atoms with E-state index in [0.29, 0.717) is 22.6 Å². The summed E-state index contributed by atoms with van der Waals surface area (Å²) < 4.78 is 39.3. The minimum Gasteiger partial charge on any atom is -0.166 e. The number of hydrogen-bond acceptors (Lipinski definition) is 0. The molecule has 106 valence electrons. The summed E-state index contributed by atoms with van der Waals surface area (Å²) >= 11 is 6.03. The van der Waals surface area contributed by atoms with Crippen LogP contribution in [0.2, 0.25) is 5.02 Å². The maximum Gasteiger partial charge on any atom is 0.416 e. The molecule has 0 fully saturated rings. The molecule has 0 unspecified atom stereocenters. The average Bonchev–Trinajstić information content (AvgIpc) is 2.40. The lowest BCUT2D eigenvalue weighted by atomic mass is 9.95. The molecule has 0 bridgehead atoms. The second-order valence-electron chi connectivity index (χ2n) is 4.64. The van der Waals surface area contributed by atoms with E-state index in [4.69, 9.17) is 11.6 Å². The predicted octanol–water partition coefficient (Wildman–Crippen LogP) is 5.90. The highest BCUT2D eigenvalue weighted by molar-refractivity contribution is 6.31. The van der Waals surface area contributed by atoms with Crippen LogP contribution in [0.15, 0.2) is 36.4 Å². The Morgan fingerprint density at radius 2 is 1.80 bits per heavy atom. The van der Waals surface area contributed by atoms with Gasteiger partial charge in [-0.15, -0.1) is 0 Å². The van der Waals surface area contributed by atoms with E-state index in [-0.39, 0.29) is 0 Å². The van der Waals surface area contributed by atoms with Gasteiger partial charge in [0.05, 0.1) is 5.56 Å². The van der Waals surface area contributed by atoms with Crippen LogP contribution in [-0.2, 0) is 12.6 Å². The summed E-state index contributed by atoms with van der Waals surface area (Å²) in [6, 6.07) is 9.71. The van der Waals surface area contributed by atoms with Crippen LogP contribution in [0.1, 0.15) is 23.6 Å². The Kier molecular flexibility index (Phi) is 4.09. The van der Waals surface area contributed by atoms with E-state index < -0.39 is 11.7 Å². The number of hydrogen-bond donors (Lipinski definition) is 0. The van der Waals surface area contributed by atoms with Crippen LogP contribution in [0.5, 0.6) is 0 Å². The molecule has 0 atom stereocenters. The van der Waals surface area contributed by atoms with Crippen LogP contribution in [-0.4, -0.2) is 0 Å². The molecule has 20 heavy (non-hydrogen) atoms. The third-order valence-corrected chi connectivity index (χ3v) is 3.78. The fourth-order valence-corrected chi connectivity index (χ4v) is 2.41. The second kappa shape index (κ2) is 5.49. The lowest BCUT2D eigenvalue weighted by Crippen LogP contribution is -2.09. The minimum absolute atomic E-state index is 0.306. The molecule has 0 aliphatic heterocycles. The number of aryl methyl sites for hydroxylation is 1. The van der Waals surface area contributed by atoms with E-state index in [1.165, 1.54) is 6.07 Å². The van der Waals surface area contributed by atoms with Crippen molar-refractivity contribution in [3.63, 3.8) is 0 Å². The topological polar surface area (TPSA) is 0 Å². The summed E-state index contributed by atoms with van der Waals surface area (Å²) in [5.41, 5.74) is 1.78. The Labute approximate surface area is 121 Å². The fraction of sp³-hybridized carbons (Fsp3) is 0.250. The van der Waals surface area contributed by atoms with Crippen molar-refractivity contribution in [1.82, 2.24) is 0 Å². The largest absolute Gasteiger partial charge is 0.416 e. The van der Waals surface area contributed by atoms with Gasteiger partial charge in [-0.05, 0) is 47.7 Å². The zero-order valence-electron chi connectivity index (χ0n) is 11.2. The molecule has 2 aromatic rings. The molecule has 0 aliphatic rings. The van der Waals surface area contributed by atoms with Crippen molar-refractivity contribution in [2.75, 3.05) is 0 Å². The number of rotatable bonds is 2. The lowest BCUT2D eigenvalue weighted by molar-refractivity contribution is -0.138. The zero-order chi connectivity index (χ0) is 14.9. The highest BCUT2D eigenvalue weighted by Crippen LogP contribution is 2.36. The van der Waals surface area contributed by atoms with Gasteiger partial charge < -0.3 is 0 Å². The van der Waals surface area contributed by atoms with Crippen molar-refractivity contribution in [3.8, 4) is 11.1 Å². The number of alkyl halides is 3. The molecule has 0 saturated heterocycles. The molecule has 0 spiro atoms. The van der Waals surface area contributed by atoms with Gasteiger partial charge in [-0.1, -0.05) is 42.8 Å². The zero-order valence-corrected chi connectivity index (χ0v) is 11.9. The molecule has 0 aliphatic carbocycles. The molecule has 0 nitrogen and oxygen atoms in total. The van der Waals surface area contributed by atoms with Gasteiger partial charge in [0.2, 0.25) is 0 Å². The minimum atomic E-state index is -4.34. The third kappa shape index (κ3) is 2.83. The van der Waals surface area contributed by atoms with Gasteiger partial charge in [0.25, 0.3) is 0 Å². The first kappa shape index (κ1) is 14.9. The first-order valence-corrected chi connectivity index (χ1v) is 6.68. The number of benzene rings is 2. The van der Waals surface area contributed by atoms with Gasteiger partial charge in [0.1, 0.15) is 0 Å². The summed E-state index contributed by atoms with van der Waals surface area (Å²) in [6.07, 6.45) is -3.99. The molecule has 0 amide bonds. The van der Waals surface area contributed by atoms with Crippen molar-refractivity contribution >= 4 is 11.6 Å². The van der Waals surface area contributed by atoms with E-state index in [9.17, 15) is 13.2 Å². The predicted molar refractivity (Wildman–Crippen MR) is 76.0 cm³/mol. The average molecular weight is 299 g/mol. The summed E-state index contributed by atoms with van der Waals surface area (Å²) in [5.74, 6) is 0. The Bertz CT molecular complexity index is 630. The van der Waals surface area contributed by atoms with E-state index in [1.54, 1.807) is 44.2 Å². The summed E-state index contributed by atoms with van der Waals surface area (Å²) in [6.45, 7) is 3.52. The van der Waals surface area contributed by atoms with Gasteiger partial charge in [-0.25, -0.2) is 0 Å². The van der Waals surface area contributed by atoms with Crippen LogP contribution in [0, 0.1) is 6.92 Å². The molecule has 2 rings (SSSR count). The van der Waals surface area contributed by atoms with Crippen molar-refractivity contribution in [3.05, 3.63) is 58.1 Å². The molecular weight excluding hydrogens is 285 g/mol. The molecule has 0 saturated carbocycles. The molecule has 2 aromatic carbocycles. The summed E-state index contributed by atoms with van der Waals surface area (Å²) in [5, 5.41) is 0.552. The van der Waals surface area contributed by atoms with Crippen LogP contribution in [0.4, 0.5) is 13.2 Å². The Balaban J connectivity index is 2.62. The van der Waals surface area contributed by atoms with Crippen LogP contribution >= 0.6 is 11.6 Å². The molecular formula is C16H14ClF3. The maximum absolute atomic E-state index is 13.1. The number of halogens is 4. The van der Waals surface area contributed by atoms with E-state index >= 15 is 0 Å². The van der Waals surface area contributed by atoms with Gasteiger partial charge in [-0.3, -0.25) is 0 Å². The maximum atomic E-state index is 13.1. The van der Waals surface area contributed by atoms with E-state index in [2.05, 4.69) is 0 Å². The molecule has 0 heterocycles. The molecule has 0 N–H and O–H groups in total. The highest BCUT2D eigenvalue weighted by atomic mass is 35.5. The smallest absolute Gasteiger partial charge is 0.166 e. The second-order valence-corrected chi connectivity index (χ2v) is 5.04. The monoisotopic (exact) mass is 298 g/mol. The first-order chi connectivity index (χ1) is 9.34. The Morgan fingerprint density at radius 3 is 2.40 bits per heavy atom. The summed E-state index contributed by atoms with van der Waals surface area (Å²) in [7, 11) is 0. The first-order valence-electron chi connectivity index (χ1n) is 6.30. The van der Waals surface area contributed by atoms with Crippen LogP contribution in [0.3, 0.4) is 0 Å². The van der Waals surface area contributed by atoms with Crippen molar-refractivity contribution in [1.29, 1.82) is 0 Å². The quantitative estimate of drug-likeness (QED) is 0.648. The van der Waals surface area contributed by atoms with E-state index in [1.807, 2.05) is 0 Å². The van der Waals surface area contributed by atoms with Gasteiger partial charge in [-0.2, -0.15) is 13.2 Å². The van der Waals surface area contributed by atoms with Crippen molar-refractivity contribution in [2.24, 2.45) is 0 Å². The van der Waals surface area contributed by atoms with Gasteiger partial charge >= 0.3 is 6.18 Å². The van der Waals surface area contributed by atoms with Crippen LogP contribution in [0.25, 0.3) is 11.1 Å². The highest BCUT2D eigenvalue weighted by Gasteiger charge is 2.33. The standard InChI is InChI=1S/C16H14ClF3/c1-3-11-7-8-12(9-14(11)16(18,19)20)13-5-4-6-15(17)10(13)2/h4-9H,3H2,1-2H3. The lowest BCUT2D eigenvalue weighted by Gasteiger charge is -2.15. The Morgan fingerprint density at radius 1 is 1.10 bits per heavy atom. The molecule has 4 heteroatoms. The van der Waals surface area contributed by atoms with E-state index in [0.717, 1.165) is 11.1 Å². The van der Waals surface area contributed by atoms with Crippen LogP contribution < -0.4 is 0 Å². The van der Waals surface area contributed by atoms with Crippen molar-refractivity contribution in [2.45, 2.75) is 26.4 Å². The molecule has 0 aromatic heterocycles. The summed E-state index contributed by atoms with van der Waals surface area (Å²) in [4.78, 5) is 0.